The minimum absolute atomic E-state index is 0.0217. The van der Waals surface area contributed by atoms with Crippen LogP contribution in [0.4, 0.5) is 0 Å². The van der Waals surface area contributed by atoms with Crippen molar-refractivity contribution in [1.29, 1.82) is 0 Å². The highest BCUT2D eigenvalue weighted by Gasteiger charge is 2.10. The second-order valence-electron chi connectivity index (χ2n) is 16.6. The molecule has 19 heteroatoms. The minimum Gasteiger partial charge on any atom is -0.431 e. The average Bonchev–Trinajstić information content (AvgIpc) is 4.22. The van der Waals surface area contributed by atoms with E-state index in [-0.39, 0.29) is 46.2 Å². The summed E-state index contributed by atoms with van der Waals surface area (Å²) in [6, 6.07) is 46.2. The number of nitrogens with one attached hydrogen (secondary N) is 1. The van der Waals surface area contributed by atoms with Crippen LogP contribution in [-0.2, 0) is 73.7 Å². The van der Waals surface area contributed by atoms with E-state index in [4.69, 9.17) is 51.0 Å². The first-order valence-corrected chi connectivity index (χ1v) is 29.2. The van der Waals surface area contributed by atoms with Crippen LogP contribution in [0.3, 0.4) is 0 Å². The molecule has 0 amide bonds. The van der Waals surface area contributed by atoms with Crippen molar-refractivity contribution in [1.82, 2.24) is 15.0 Å². The number of para-hydroxylation sites is 6. The van der Waals surface area contributed by atoms with E-state index in [0.717, 1.165) is 93.6 Å². The summed E-state index contributed by atoms with van der Waals surface area (Å²) in [7, 11) is 0. The molecule has 3 aromatic heterocycles. The first kappa shape index (κ1) is 60.3. The zero-order chi connectivity index (χ0) is 54.2. The second kappa shape index (κ2) is 32.1. The molecule has 8 N–H and O–H groups in total. The van der Waals surface area contributed by atoms with Crippen molar-refractivity contribution < 1.29 is 49.0 Å². The fourth-order valence-corrected chi connectivity index (χ4v) is 10.1. The van der Waals surface area contributed by atoms with E-state index >= 15 is 0 Å². The fourth-order valence-electron chi connectivity index (χ4n) is 7.40. The lowest BCUT2D eigenvalue weighted by molar-refractivity contribution is 0.269. The Bertz CT molecular complexity index is 3000. The maximum Gasteiger partial charge on any atom is 0.266 e. The third-order valence-corrected chi connectivity index (χ3v) is 14.7. The second-order valence-corrected chi connectivity index (χ2v) is 20.5. The Balaban J connectivity index is 0.000000159. The molecule has 13 nitrogen and oxygen atoms in total. The Labute approximate surface area is 478 Å². The number of aromatic nitrogens is 3. The van der Waals surface area contributed by atoms with Crippen LogP contribution in [0, 0.1) is 4.84 Å². The van der Waals surface area contributed by atoms with E-state index in [0.29, 0.717) is 32.5 Å². The largest absolute Gasteiger partial charge is 0.431 e. The number of aliphatic hydroxyl groups is 7. The lowest BCUT2D eigenvalue weighted by atomic mass is 10.1. The molecular formula is C57H56Br3N3O10S3. The number of thioether (sulfide) groups is 2. The number of aromatic amines is 1. The lowest BCUT2D eigenvalue weighted by Gasteiger charge is -2.05. The van der Waals surface area contributed by atoms with E-state index < -0.39 is 0 Å². The van der Waals surface area contributed by atoms with Gasteiger partial charge in [0.05, 0.1) is 51.8 Å². The molecule has 0 atom stereocenters. The number of H-pyrrole nitrogens is 1. The van der Waals surface area contributed by atoms with E-state index in [1.807, 2.05) is 97.1 Å². The number of halogens is 3. The lowest BCUT2D eigenvalue weighted by Crippen LogP contribution is -1.93. The third kappa shape index (κ3) is 18.9. The molecule has 0 aliphatic carbocycles. The Hall–Kier alpha value is -4.97. The summed E-state index contributed by atoms with van der Waals surface area (Å²) in [5.41, 5.74) is 16.5. The summed E-state index contributed by atoms with van der Waals surface area (Å²) < 4.78 is 16.5. The fraction of sp³-hybridized carbons (Fsp3) is 0.211. The van der Waals surface area contributed by atoms with Crippen molar-refractivity contribution in [3.05, 3.63) is 217 Å². The number of oxazole rings is 3. The van der Waals surface area contributed by atoms with Gasteiger partial charge in [0.1, 0.15) is 11.0 Å². The molecule has 76 heavy (non-hydrogen) atoms. The Morgan fingerprint density at radius 3 is 1.00 bits per heavy atom. The molecule has 7 aromatic carbocycles. The Morgan fingerprint density at radius 1 is 0.382 bits per heavy atom. The topological polar surface area (TPSA) is 223 Å². The zero-order valence-corrected chi connectivity index (χ0v) is 48.2. The van der Waals surface area contributed by atoms with Gasteiger partial charge in [-0.1, -0.05) is 181 Å². The molecule has 0 unspecified atom stereocenters. The monoisotopic (exact) mass is 1280 g/mol. The third-order valence-electron chi connectivity index (χ3n) is 10.8. The smallest absolute Gasteiger partial charge is 0.266 e. The summed E-state index contributed by atoms with van der Waals surface area (Å²) in [6.45, 7) is -0.229. The summed E-state index contributed by atoms with van der Waals surface area (Å²) in [5.74, 6) is 1.53. The molecule has 0 aliphatic rings. The summed E-state index contributed by atoms with van der Waals surface area (Å²) in [5, 5.41) is 66.5. The molecular weight excluding hydrogens is 1220 g/mol. The van der Waals surface area contributed by atoms with Crippen LogP contribution in [0.25, 0.3) is 33.3 Å². The number of alkyl halides is 3. The maximum absolute atomic E-state index is 9.24. The van der Waals surface area contributed by atoms with Crippen LogP contribution in [0.5, 0.6) is 0 Å². The Kier molecular flexibility index (Phi) is 25.4. The molecule has 10 rings (SSSR count). The standard InChI is InChI=1S/C16H13Br2NOS.C16H15NO3S.C9H11BrO2.C9H12O3.C7H5NOS/c17-8-11-5-12(9-18)7-13(6-11)10-21-16-19-14-3-1-2-4-15(14)20-16;18-8-11-5-12(9-19)7-13(6-11)10-21-16-17-14-3-1-2-4-15(14)20-16;2*10-4-7-1-8(5-11)3-9(2-7)6-12;10-7-8-5-3-1-2-4-6(5)9-7/h1-7H,8-10H2;1-7,18-19H,8-10H2;1-3,11-12H,4-6H2;1-3,10-12H,4-6H2;1-4H,(H,8,10). The van der Waals surface area contributed by atoms with E-state index in [1.165, 1.54) is 28.5 Å². The molecule has 3 heterocycles. The highest BCUT2D eigenvalue weighted by molar-refractivity contribution is 9.09. The number of fused-ring (bicyclic) bond motifs is 3. The van der Waals surface area contributed by atoms with Gasteiger partial charge in [-0.15, -0.1) is 0 Å². The minimum atomic E-state index is -0.0686. The van der Waals surface area contributed by atoms with Gasteiger partial charge in [-0.25, -0.2) is 9.97 Å². The van der Waals surface area contributed by atoms with Gasteiger partial charge >= 0.3 is 0 Å². The predicted octanol–water partition coefficient (Wildman–Crippen LogP) is 13.2. The van der Waals surface area contributed by atoms with Gasteiger partial charge in [0.25, 0.3) is 15.3 Å². The highest BCUT2D eigenvalue weighted by atomic mass is 79.9. The van der Waals surface area contributed by atoms with Gasteiger partial charge in [0.15, 0.2) is 16.7 Å². The van der Waals surface area contributed by atoms with E-state index in [2.05, 4.69) is 80.9 Å². The molecule has 0 aliphatic heterocycles. The molecule has 0 saturated carbocycles. The predicted molar refractivity (Wildman–Crippen MR) is 314 cm³/mol. The molecule has 0 bridgehead atoms. The van der Waals surface area contributed by atoms with Gasteiger partial charge in [-0.2, -0.15) is 0 Å². The quantitative estimate of drug-likeness (QED) is 0.0256. The molecule has 0 fully saturated rings. The molecule has 0 radical (unpaired) electrons. The summed E-state index contributed by atoms with van der Waals surface area (Å²) >= 11 is 18.3. The van der Waals surface area contributed by atoms with Gasteiger partial charge in [-0.05, 0) is 115 Å². The van der Waals surface area contributed by atoms with Gasteiger partial charge in [0, 0.05) is 27.5 Å². The van der Waals surface area contributed by atoms with Crippen molar-refractivity contribution in [3.63, 3.8) is 0 Å². The average molecular weight is 1280 g/mol. The van der Waals surface area contributed by atoms with Gasteiger partial charge in [-0.3, -0.25) is 0 Å². The summed E-state index contributed by atoms with van der Waals surface area (Å²) in [4.78, 5) is 12.2. The van der Waals surface area contributed by atoms with Crippen molar-refractivity contribution in [2.75, 3.05) is 0 Å². The highest BCUT2D eigenvalue weighted by Crippen LogP contribution is 2.29. The van der Waals surface area contributed by atoms with Gasteiger partial charge in [0.2, 0.25) is 0 Å². The van der Waals surface area contributed by atoms with Crippen molar-refractivity contribution in [2.24, 2.45) is 0 Å². The zero-order valence-electron chi connectivity index (χ0n) is 40.9. The van der Waals surface area contributed by atoms with E-state index in [9.17, 15) is 10.2 Å². The van der Waals surface area contributed by atoms with Crippen LogP contribution in [0.1, 0.15) is 66.8 Å². The SMILES string of the molecule is BrCc1cc(CBr)cc(CSc2nc3ccccc3o2)c1.OCc1cc(CO)cc(CBr)c1.OCc1cc(CO)cc(CO)c1.OCc1cc(CO)cc(CSc2nc3ccccc3o2)c1.S=c1[nH]c2ccccc2o1. The number of aliphatic hydroxyl groups excluding tert-OH is 7. The first-order valence-electron chi connectivity index (χ1n) is 23.5. The van der Waals surface area contributed by atoms with Crippen LogP contribution >= 0.6 is 83.5 Å². The normalized spacial score (nSPS) is 10.8. The van der Waals surface area contributed by atoms with Crippen molar-refractivity contribution in [3.8, 4) is 0 Å². The molecule has 10 aromatic rings. The molecule has 398 valence electrons. The molecule has 0 saturated heterocycles. The number of benzene rings is 7. The van der Waals surface area contributed by atoms with Crippen LogP contribution < -0.4 is 0 Å². The first-order chi connectivity index (χ1) is 37.0. The van der Waals surface area contributed by atoms with Crippen molar-refractivity contribution >= 4 is 117 Å². The van der Waals surface area contributed by atoms with Crippen molar-refractivity contribution in [2.45, 2.75) is 84.2 Å². The number of nitrogens with zero attached hydrogens (tertiary/aromatic N) is 2. The molecule has 0 spiro atoms. The maximum atomic E-state index is 9.24. The Morgan fingerprint density at radius 2 is 0.671 bits per heavy atom. The number of hydrogen-bond acceptors (Lipinski definition) is 15. The van der Waals surface area contributed by atoms with Crippen LogP contribution in [0.15, 0.2) is 169 Å². The number of rotatable bonds is 16. The van der Waals surface area contributed by atoms with E-state index in [1.54, 1.807) is 42.1 Å². The van der Waals surface area contributed by atoms with Gasteiger partial charge < -0.3 is 54.0 Å². The van der Waals surface area contributed by atoms with Crippen LogP contribution in [-0.4, -0.2) is 50.7 Å². The van der Waals surface area contributed by atoms with Crippen LogP contribution in [0.2, 0.25) is 0 Å². The number of hydrogen-bond donors (Lipinski definition) is 8. The summed E-state index contributed by atoms with van der Waals surface area (Å²) in [6.07, 6.45) is 0.